The van der Waals surface area contributed by atoms with Crippen LogP contribution in [0.15, 0.2) is 12.2 Å². The van der Waals surface area contributed by atoms with Crippen LogP contribution in [0, 0.1) is 34.0 Å². The lowest BCUT2D eigenvalue weighted by atomic mass is 9.35. The number of rotatable bonds is 1. The molecule has 4 saturated carbocycles. The average molecular weight is 408 g/mol. The van der Waals surface area contributed by atoms with Gasteiger partial charge in [0, 0.05) is 24.2 Å². The molecule has 4 aliphatic carbocycles. The third-order valence-corrected chi connectivity index (χ3v) is 9.32. The molecule has 0 aromatic heterocycles. The zero-order valence-electron chi connectivity index (χ0n) is 17.3. The molecule has 4 bridgehead atoms. The van der Waals surface area contributed by atoms with Crippen molar-refractivity contribution in [3.63, 3.8) is 0 Å². The first-order valence-electron chi connectivity index (χ1n) is 10.7. The van der Waals surface area contributed by atoms with Crippen LogP contribution in [0.2, 0.25) is 0 Å². The molecule has 7 heteroatoms. The number of aliphatic hydroxyl groups is 4. The number of aliphatic hydroxyl groups excluding tert-OH is 3. The third kappa shape index (κ3) is 2.00. The first-order chi connectivity index (χ1) is 13.4. The van der Waals surface area contributed by atoms with Crippen molar-refractivity contribution in [2.24, 2.45) is 34.0 Å². The molecule has 2 aliphatic heterocycles. The fourth-order valence-corrected chi connectivity index (χ4v) is 8.43. The molecule has 2 spiro atoms. The van der Waals surface area contributed by atoms with Gasteiger partial charge in [-0.2, -0.15) is 0 Å². The number of hydrogen-bond acceptors (Lipinski definition) is 7. The van der Waals surface area contributed by atoms with Crippen LogP contribution in [0.5, 0.6) is 0 Å². The van der Waals surface area contributed by atoms with E-state index in [1.54, 1.807) is 0 Å². The summed E-state index contributed by atoms with van der Waals surface area (Å²) in [6.45, 7) is 9.56. The molecule has 162 valence electrons. The highest BCUT2D eigenvalue weighted by atomic mass is 16.6. The predicted molar refractivity (Wildman–Crippen MR) is 101 cm³/mol. The number of fused-ring (bicyclic) bond motifs is 2. The number of esters is 1. The highest BCUT2D eigenvalue weighted by molar-refractivity contribution is 5.66. The Morgan fingerprint density at radius 2 is 1.93 bits per heavy atom. The lowest BCUT2D eigenvalue weighted by Gasteiger charge is -2.75. The van der Waals surface area contributed by atoms with Crippen molar-refractivity contribution in [2.45, 2.75) is 76.7 Å². The Balaban J connectivity index is 1.79. The van der Waals surface area contributed by atoms with Crippen LogP contribution in [0.1, 0.15) is 46.5 Å². The van der Waals surface area contributed by atoms with Crippen LogP contribution in [-0.4, -0.2) is 63.2 Å². The molecule has 0 aromatic carbocycles. The van der Waals surface area contributed by atoms with E-state index in [2.05, 4.69) is 6.58 Å². The summed E-state index contributed by atoms with van der Waals surface area (Å²) in [5, 5.41) is 46.1. The summed E-state index contributed by atoms with van der Waals surface area (Å²) in [6, 6.07) is 0. The van der Waals surface area contributed by atoms with E-state index >= 15 is 0 Å². The van der Waals surface area contributed by atoms with Crippen LogP contribution in [0.4, 0.5) is 0 Å². The zero-order valence-corrected chi connectivity index (χ0v) is 17.3. The maximum absolute atomic E-state index is 12.0. The quantitative estimate of drug-likeness (QED) is 0.373. The van der Waals surface area contributed by atoms with Gasteiger partial charge in [-0.15, -0.1) is 0 Å². The summed E-state index contributed by atoms with van der Waals surface area (Å²) in [5.74, 6) is -3.56. The van der Waals surface area contributed by atoms with Gasteiger partial charge in [-0.3, -0.25) is 4.79 Å². The molecule has 7 nitrogen and oxygen atoms in total. The largest absolute Gasteiger partial charge is 0.462 e. The van der Waals surface area contributed by atoms with Gasteiger partial charge in [-0.1, -0.05) is 20.4 Å². The van der Waals surface area contributed by atoms with Gasteiger partial charge >= 0.3 is 5.97 Å². The standard InChI is InChI=1S/C22H32O7/c1-10-12-7-13(29-11(2)23)15-20-9-28-22(27,21(15,8-12)17(10)25)18(26)16(20)19(3,4)6-5-14(20)24/h12-18,24-27H,1,5-9H2,2-4H3/t12-,13-,14+,15-,16-,17-,18+,20+,21+,22-/m1/s1. The molecule has 0 radical (unpaired) electrons. The molecule has 0 unspecified atom stereocenters. The minimum Gasteiger partial charge on any atom is -0.462 e. The smallest absolute Gasteiger partial charge is 0.302 e. The summed E-state index contributed by atoms with van der Waals surface area (Å²) >= 11 is 0. The molecule has 2 heterocycles. The fourth-order valence-electron chi connectivity index (χ4n) is 8.43. The van der Waals surface area contributed by atoms with Gasteiger partial charge < -0.3 is 29.9 Å². The van der Waals surface area contributed by atoms with E-state index < -0.39 is 58.8 Å². The van der Waals surface area contributed by atoms with Crippen molar-refractivity contribution in [1.82, 2.24) is 0 Å². The lowest BCUT2D eigenvalue weighted by Crippen LogP contribution is -2.85. The van der Waals surface area contributed by atoms with E-state index in [9.17, 15) is 25.2 Å². The zero-order chi connectivity index (χ0) is 21.1. The number of carbonyl (C=O) groups excluding carboxylic acids is 1. The Hall–Kier alpha value is -0.990. The SMILES string of the molecule is C=C1[C@@H]2C[C@@H](OC(C)=O)[C@@H]3[C@@]45CO[C@](O)([C@@H](O)[C@@H]4C(C)(C)CC[C@@H]5O)[C@]3(C2)[C@@H]1O. The molecule has 6 rings (SSSR count). The molecule has 2 saturated heterocycles. The van der Waals surface area contributed by atoms with Gasteiger partial charge in [0.2, 0.25) is 5.79 Å². The summed E-state index contributed by atoms with van der Waals surface area (Å²) in [4.78, 5) is 12.0. The molecule has 4 N–H and O–H groups in total. The van der Waals surface area contributed by atoms with E-state index in [1.165, 1.54) is 6.92 Å². The molecule has 10 atom stereocenters. The highest BCUT2D eigenvalue weighted by Gasteiger charge is 2.85. The second kappa shape index (κ2) is 5.62. The summed E-state index contributed by atoms with van der Waals surface area (Å²) in [5.41, 5.74) is -1.98. The minimum atomic E-state index is -1.99. The summed E-state index contributed by atoms with van der Waals surface area (Å²) in [7, 11) is 0. The predicted octanol–water partition coefficient (Wildman–Crippen LogP) is 0.738. The topological polar surface area (TPSA) is 116 Å². The van der Waals surface area contributed by atoms with Crippen molar-refractivity contribution >= 4 is 5.97 Å². The first-order valence-corrected chi connectivity index (χ1v) is 10.7. The molecule has 0 aromatic rings. The van der Waals surface area contributed by atoms with Crippen LogP contribution in [0.3, 0.4) is 0 Å². The molecule has 29 heavy (non-hydrogen) atoms. The van der Waals surface area contributed by atoms with Crippen molar-refractivity contribution in [3.8, 4) is 0 Å². The van der Waals surface area contributed by atoms with Crippen LogP contribution in [-0.2, 0) is 14.3 Å². The van der Waals surface area contributed by atoms with Gasteiger partial charge in [-0.05, 0) is 42.6 Å². The van der Waals surface area contributed by atoms with E-state index in [-0.39, 0.29) is 17.9 Å². The van der Waals surface area contributed by atoms with Gasteiger partial charge in [0.1, 0.15) is 12.2 Å². The highest BCUT2D eigenvalue weighted by Crippen LogP contribution is 2.77. The Morgan fingerprint density at radius 3 is 2.59 bits per heavy atom. The maximum atomic E-state index is 12.0. The molecular formula is C22H32O7. The van der Waals surface area contributed by atoms with Gasteiger partial charge in [0.15, 0.2) is 0 Å². The van der Waals surface area contributed by atoms with Crippen LogP contribution < -0.4 is 0 Å². The number of ether oxygens (including phenoxy) is 2. The van der Waals surface area contributed by atoms with Crippen molar-refractivity contribution in [3.05, 3.63) is 12.2 Å². The molecule has 0 amide bonds. The molecule has 6 aliphatic rings. The Kier molecular flexibility index (Phi) is 3.87. The summed E-state index contributed by atoms with van der Waals surface area (Å²) < 4.78 is 11.7. The van der Waals surface area contributed by atoms with E-state index in [4.69, 9.17) is 9.47 Å². The van der Waals surface area contributed by atoms with E-state index in [1.807, 2.05) is 13.8 Å². The van der Waals surface area contributed by atoms with Crippen molar-refractivity contribution in [1.29, 1.82) is 0 Å². The van der Waals surface area contributed by atoms with Crippen LogP contribution >= 0.6 is 0 Å². The second-order valence-electron chi connectivity index (χ2n) is 10.8. The lowest BCUT2D eigenvalue weighted by molar-refractivity contribution is -0.473. The number of carbonyl (C=O) groups is 1. The van der Waals surface area contributed by atoms with E-state index in [0.29, 0.717) is 31.3 Å². The maximum Gasteiger partial charge on any atom is 0.302 e. The molecular weight excluding hydrogens is 376 g/mol. The monoisotopic (exact) mass is 408 g/mol. The van der Waals surface area contributed by atoms with Crippen LogP contribution in [0.25, 0.3) is 0 Å². The van der Waals surface area contributed by atoms with Gasteiger partial charge in [0.25, 0.3) is 0 Å². The fraction of sp³-hybridized carbons (Fsp3) is 0.864. The third-order valence-electron chi connectivity index (χ3n) is 9.32. The second-order valence-corrected chi connectivity index (χ2v) is 10.8. The van der Waals surface area contributed by atoms with Gasteiger partial charge in [-0.25, -0.2) is 0 Å². The van der Waals surface area contributed by atoms with Crippen molar-refractivity contribution < 1.29 is 34.7 Å². The van der Waals surface area contributed by atoms with Gasteiger partial charge in [0.05, 0.1) is 24.2 Å². The Bertz CT molecular complexity index is 779. The Labute approximate surface area is 170 Å². The molecule has 6 fully saturated rings. The van der Waals surface area contributed by atoms with Crippen molar-refractivity contribution in [2.75, 3.05) is 6.61 Å². The average Bonchev–Trinajstić information content (AvgIpc) is 2.82. The first kappa shape index (κ1) is 19.9. The van der Waals surface area contributed by atoms with E-state index in [0.717, 1.165) is 0 Å². The number of hydrogen-bond donors (Lipinski definition) is 4. The normalized spacial score (nSPS) is 57.2. The summed E-state index contributed by atoms with van der Waals surface area (Å²) in [6.07, 6.45) is -1.64. The Morgan fingerprint density at radius 1 is 1.24 bits per heavy atom. The minimum absolute atomic E-state index is 0.0594.